The van der Waals surface area contributed by atoms with Crippen LogP contribution in [-0.2, 0) is 0 Å². The second kappa shape index (κ2) is 3.51. The molecule has 1 aliphatic carbocycles. The van der Waals surface area contributed by atoms with Crippen molar-refractivity contribution in [2.75, 3.05) is 6.54 Å². The maximum absolute atomic E-state index is 10.2. The lowest BCUT2D eigenvalue weighted by molar-refractivity contribution is -0.471. The van der Waals surface area contributed by atoms with Crippen LogP contribution in [0.5, 0.6) is 0 Å². The Morgan fingerprint density at radius 1 is 1.82 bits per heavy atom. The molecule has 0 amide bonds. The Labute approximate surface area is 66.3 Å². The number of allylic oxidation sites excluding steroid dienone is 1. The van der Waals surface area contributed by atoms with Gasteiger partial charge in [0, 0.05) is 4.92 Å². The fraction of sp³-hybridized carbons (Fsp3) is 0.750. The monoisotopic (exact) mass is 155 g/mol. The molecule has 62 valence electrons. The molecule has 0 unspecified atom stereocenters. The zero-order valence-corrected chi connectivity index (χ0v) is 6.75. The summed E-state index contributed by atoms with van der Waals surface area (Å²) in [6.07, 6.45) is 5.34. The van der Waals surface area contributed by atoms with E-state index < -0.39 is 0 Å². The fourth-order valence-electron chi connectivity index (χ4n) is 1.47. The molecule has 0 heterocycles. The molecule has 11 heavy (non-hydrogen) atoms. The molecule has 1 aliphatic rings. The van der Waals surface area contributed by atoms with Crippen molar-refractivity contribution in [3.05, 3.63) is 21.8 Å². The van der Waals surface area contributed by atoms with Crippen LogP contribution in [0.1, 0.15) is 26.2 Å². The van der Waals surface area contributed by atoms with Gasteiger partial charge in [-0.1, -0.05) is 13.0 Å². The summed E-state index contributed by atoms with van der Waals surface area (Å²) in [5.74, 6) is 0.425. The third-order valence-corrected chi connectivity index (χ3v) is 2.19. The molecule has 0 radical (unpaired) electrons. The van der Waals surface area contributed by atoms with Crippen molar-refractivity contribution in [3.8, 4) is 0 Å². The lowest BCUT2D eigenvalue weighted by Crippen LogP contribution is -2.13. The second-order valence-corrected chi connectivity index (χ2v) is 3.10. The third kappa shape index (κ3) is 2.33. The molecule has 0 aromatic heterocycles. The Balaban J connectivity index is 2.53. The van der Waals surface area contributed by atoms with E-state index in [1.54, 1.807) is 0 Å². The Hall–Kier alpha value is -0.860. The maximum atomic E-state index is 10.2. The molecule has 0 aromatic rings. The van der Waals surface area contributed by atoms with Crippen molar-refractivity contribution in [3.63, 3.8) is 0 Å². The highest BCUT2D eigenvalue weighted by Gasteiger charge is 2.16. The standard InChI is InChI=1S/C8H13NO2/c1-7-4-2-3-5-8(7)6-9(10)11/h5,7H,2-4,6H2,1H3/t7-/m0/s1. The number of nitrogens with zero attached hydrogens (tertiary/aromatic N) is 1. The van der Waals surface area contributed by atoms with Gasteiger partial charge in [0.2, 0.25) is 6.54 Å². The molecule has 0 fully saturated rings. The molecule has 1 atom stereocenters. The van der Waals surface area contributed by atoms with Gasteiger partial charge in [0.15, 0.2) is 0 Å². The van der Waals surface area contributed by atoms with Crippen LogP contribution in [0.2, 0.25) is 0 Å². The van der Waals surface area contributed by atoms with Gasteiger partial charge in [0.25, 0.3) is 0 Å². The lowest BCUT2D eigenvalue weighted by atomic mass is 9.89. The average molecular weight is 155 g/mol. The first-order valence-corrected chi connectivity index (χ1v) is 4.01. The van der Waals surface area contributed by atoms with E-state index in [0.29, 0.717) is 5.92 Å². The van der Waals surface area contributed by atoms with Gasteiger partial charge in [-0.15, -0.1) is 0 Å². The molecule has 0 aromatic carbocycles. The largest absolute Gasteiger partial charge is 0.264 e. The number of hydrogen-bond acceptors (Lipinski definition) is 2. The summed E-state index contributed by atoms with van der Waals surface area (Å²) in [6, 6.07) is 0. The first-order valence-electron chi connectivity index (χ1n) is 4.01. The molecular weight excluding hydrogens is 142 g/mol. The van der Waals surface area contributed by atoms with E-state index in [2.05, 4.69) is 6.92 Å². The van der Waals surface area contributed by atoms with Crippen LogP contribution in [0.4, 0.5) is 0 Å². The van der Waals surface area contributed by atoms with Crippen LogP contribution in [0.3, 0.4) is 0 Å². The zero-order valence-electron chi connectivity index (χ0n) is 6.75. The molecule has 3 heteroatoms. The lowest BCUT2D eigenvalue weighted by Gasteiger charge is -2.16. The maximum Gasteiger partial charge on any atom is 0.225 e. The fourth-order valence-corrected chi connectivity index (χ4v) is 1.47. The topological polar surface area (TPSA) is 43.1 Å². The molecule has 0 bridgehead atoms. The summed E-state index contributed by atoms with van der Waals surface area (Å²) in [7, 11) is 0. The number of hydrogen-bond donors (Lipinski definition) is 0. The highest BCUT2D eigenvalue weighted by molar-refractivity contribution is 5.08. The first-order chi connectivity index (χ1) is 5.20. The van der Waals surface area contributed by atoms with Gasteiger partial charge in [0.1, 0.15) is 0 Å². The van der Waals surface area contributed by atoms with E-state index >= 15 is 0 Å². The summed E-state index contributed by atoms with van der Waals surface area (Å²) in [5, 5.41) is 10.2. The van der Waals surface area contributed by atoms with Crippen molar-refractivity contribution >= 4 is 0 Å². The predicted octanol–water partition coefficient (Wildman–Crippen LogP) is 2.01. The van der Waals surface area contributed by atoms with Gasteiger partial charge < -0.3 is 0 Å². The van der Waals surface area contributed by atoms with Gasteiger partial charge in [0.05, 0.1) is 0 Å². The minimum Gasteiger partial charge on any atom is -0.264 e. The zero-order chi connectivity index (χ0) is 8.27. The van der Waals surface area contributed by atoms with E-state index in [9.17, 15) is 10.1 Å². The number of nitro groups is 1. The van der Waals surface area contributed by atoms with Crippen LogP contribution in [0, 0.1) is 16.0 Å². The van der Waals surface area contributed by atoms with Gasteiger partial charge >= 0.3 is 0 Å². The summed E-state index contributed by atoms with van der Waals surface area (Å²) in [6.45, 7) is 2.11. The van der Waals surface area contributed by atoms with Gasteiger partial charge in [-0.05, 0) is 30.8 Å². The van der Waals surface area contributed by atoms with Crippen LogP contribution in [-0.4, -0.2) is 11.5 Å². The Morgan fingerprint density at radius 3 is 3.09 bits per heavy atom. The third-order valence-electron chi connectivity index (χ3n) is 2.19. The van der Waals surface area contributed by atoms with E-state index in [4.69, 9.17) is 0 Å². The smallest absolute Gasteiger partial charge is 0.225 e. The number of rotatable bonds is 2. The van der Waals surface area contributed by atoms with Gasteiger partial charge in [-0.3, -0.25) is 10.1 Å². The van der Waals surface area contributed by atoms with Crippen molar-refractivity contribution in [2.45, 2.75) is 26.2 Å². The Kier molecular flexibility index (Phi) is 2.63. The Bertz CT molecular complexity index is 187. The van der Waals surface area contributed by atoms with E-state index in [0.717, 1.165) is 18.4 Å². The molecule has 0 saturated carbocycles. The first kappa shape index (κ1) is 8.24. The van der Waals surface area contributed by atoms with E-state index in [1.165, 1.54) is 6.42 Å². The molecule has 0 saturated heterocycles. The summed E-state index contributed by atoms with van der Waals surface area (Å²) in [4.78, 5) is 9.94. The average Bonchev–Trinajstić information content (AvgIpc) is 1.93. The van der Waals surface area contributed by atoms with Crippen molar-refractivity contribution in [2.24, 2.45) is 5.92 Å². The summed E-state index contributed by atoms with van der Waals surface area (Å²) in [5.41, 5.74) is 1.02. The van der Waals surface area contributed by atoms with Crippen LogP contribution >= 0.6 is 0 Å². The van der Waals surface area contributed by atoms with Crippen molar-refractivity contribution < 1.29 is 4.92 Å². The van der Waals surface area contributed by atoms with Crippen molar-refractivity contribution in [1.29, 1.82) is 0 Å². The quantitative estimate of drug-likeness (QED) is 0.348. The molecular formula is C8H13NO2. The minimum absolute atomic E-state index is 0.0428. The molecule has 0 N–H and O–H groups in total. The van der Waals surface area contributed by atoms with E-state index in [1.807, 2.05) is 6.08 Å². The van der Waals surface area contributed by atoms with E-state index in [-0.39, 0.29) is 11.5 Å². The molecule has 3 nitrogen and oxygen atoms in total. The molecule has 0 aliphatic heterocycles. The van der Waals surface area contributed by atoms with Crippen molar-refractivity contribution in [1.82, 2.24) is 0 Å². The van der Waals surface area contributed by atoms with Crippen LogP contribution < -0.4 is 0 Å². The SMILES string of the molecule is C[C@H]1CCCC=C1C[N+](=O)[O-]. The summed E-state index contributed by atoms with van der Waals surface area (Å²) >= 11 is 0. The van der Waals surface area contributed by atoms with Crippen LogP contribution in [0.15, 0.2) is 11.6 Å². The molecule has 1 rings (SSSR count). The molecule has 0 spiro atoms. The predicted molar refractivity (Wildman–Crippen MR) is 43.0 cm³/mol. The second-order valence-electron chi connectivity index (χ2n) is 3.10. The Morgan fingerprint density at radius 2 is 2.55 bits per heavy atom. The normalized spacial score (nSPS) is 24.5. The summed E-state index contributed by atoms with van der Waals surface area (Å²) < 4.78 is 0. The highest BCUT2D eigenvalue weighted by Crippen LogP contribution is 2.23. The van der Waals surface area contributed by atoms with Gasteiger partial charge in [-0.2, -0.15) is 0 Å². The minimum atomic E-state index is -0.242. The highest BCUT2D eigenvalue weighted by atomic mass is 16.6. The van der Waals surface area contributed by atoms with Crippen LogP contribution in [0.25, 0.3) is 0 Å². The van der Waals surface area contributed by atoms with Gasteiger partial charge in [-0.25, -0.2) is 0 Å².